The smallest absolute Gasteiger partial charge is 0.267 e. The molecular weight excluding hydrogens is 424 g/mol. The summed E-state index contributed by atoms with van der Waals surface area (Å²) in [7, 11) is 1.61. The predicted octanol–water partition coefficient (Wildman–Crippen LogP) is 3.89. The topological polar surface area (TPSA) is 62.6 Å². The van der Waals surface area contributed by atoms with Crippen LogP contribution < -0.4 is 19.8 Å². The molecule has 144 valence electrons. The number of benzene rings is 2. The molecule has 3 aromatic rings. The van der Waals surface area contributed by atoms with E-state index in [2.05, 4.69) is 21.0 Å². The molecule has 2 aromatic carbocycles. The zero-order valence-corrected chi connectivity index (χ0v) is 16.9. The van der Waals surface area contributed by atoms with Crippen LogP contribution in [0.5, 0.6) is 17.2 Å². The molecule has 6 nitrogen and oxygen atoms in total. The zero-order valence-electron chi connectivity index (χ0n) is 15.4. The summed E-state index contributed by atoms with van der Waals surface area (Å²) in [5, 5.41) is 4.55. The van der Waals surface area contributed by atoms with Gasteiger partial charge in [-0.1, -0.05) is 15.9 Å². The summed E-state index contributed by atoms with van der Waals surface area (Å²) >= 11 is 3.46. The molecule has 0 N–H and O–H groups in total. The van der Waals surface area contributed by atoms with Crippen LogP contribution in [0, 0.1) is 0 Å². The Morgan fingerprint density at radius 1 is 1.07 bits per heavy atom. The highest BCUT2D eigenvalue weighted by molar-refractivity contribution is 9.10. The lowest BCUT2D eigenvalue weighted by atomic mass is 10.1. The number of hydrogen-bond acceptors (Lipinski definition) is 5. The highest BCUT2D eigenvalue weighted by atomic mass is 79.9. The summed E-state index contributed by atoms with van der Waals surface area (Å²) in [5.74, 6) is 2.13. The molecule has 0 saturated heterocycles. The van der Waals surface area contributed by atoms with E-state index in [4.69, 9.17) is 14.2 Å². The van der Waals surface area contributed by atoms with E-state index < -0.39 is 0 Å². The van der Waals surface area contributed by atoms with Gasteiger partial charge in [-0.3, -0.25) is 4.79 Å². The van der Waals surface area contributed by atoms with Crippen molar-refractivity contribution in [2.45, 2.75) is 13.0 Å². The third-order valence-corrected chi connectivity index (χ3v) is 4.97. The van der Waals surface area contributed by atoms with Gasteiger partial charge in [0, 0.05) is 28.1 Å². The van der Waals surface area contributed by atoms with Crippen LogP contribution in [-0.4, -0.2) is 30.1 Å². The summed E-state index contributed by atoms with van der Waals surface area (Å²) in [6, 6.07) is 14.6. The average molecular weight is 443 g/mol. The predicted molar refractivity (Wildman–Crippen MR) is 109 cm³/mol. The Morgan fingerprint density at radius 3 is 2.71 bits per heavy atom. The van der Waals surface area contributed by atoms with Crippen LogP contribution in [0.4, 0.5) is 0 Å². The lowest BCUT2D eigenvalue weighted by Crippen LogP contribution is -2.23. The van der Waals surface area contributed by atoms with E-state index in [0.717, 1.165) is 27.8 Å². The SMILES string of the molecule is COc1ccc(Br)cc1Cn1nc(-c2ccc3c(c2)OCCCO3)ccc1=O. The maximum Gasteiger partial charge on any atom is 0.267 e. The molecule has 1 aliphatic rings. The van der Waals surface area contributed by atoms with Crippen molar-refractivity contribution in [2.75, 3.05) is 20.3 Å². The summed E-state index contributed by atoms with van der Waals surface area (Å²) in [6.45, 7) is 1.57. The van der Waals surface area contributed by atoms with Gasteiger partial charge in [0.25, 0.3) is 5.56 Å². The number of ether oxygens (including phenoxy) is 3. The summed E-state index contributed by atoms with van der Waals surface area (Å²) in [4.78, 5) is 12.4. The van der Waals surface area contributed by atoms with Gasteiger partial charge in [-0.05, 0) is 42.5 Å². The fourth-order valence-corrected chi connectivity index (χ4v) is 3.48. The second-order valence-electron chi connectivity index (χ2n) is 6.38. The monoisotopic (exact) mass is 442 g/mol. The summed E-state index contributed by atoms with van der Waals surface area (Å²) < 4.78 is 19.2. The Balaban J connectivity index is 1.69. The molecule has 2 heterocycles. The molecule has 0 radical (unpaired) electrons. The van der Waals surface area contributed by atoms with Crippen LogP contribution in [0.1, 0.15) is 12.0 Å². The molecule has 1 aliphatic heterocycles. The van der Waals surface area contributed by atoms with Crippen LogP contribution in [0.15, 0.2) is 57.8 Å². The minimum absolute atomic E-state index is 0.180. The van der Waals surface area contributed by atoms with Crippen LogP contribution in [-0.2, 0) is 6.54 Å². The number of halogens is 1. The first-order chi connectivity index (χ1) is 13.6. The van der Waals surface area contributed by atoms with Crippen molar-refractivity contribution in [3.63, 3.8) is 0 Å². The van der Waals surface area contributed by atoms with E-state index >= 15 is 0 Å². The highest BCUT2D eigenvalue weighted by Crippen LogP contribution is 2.33. The zero-order chi connectivity index (χ0) is 19.5. The fourth-order valence-electron chi connectivity index (χ4n) is 3.07. The van der Waals surface area contributed by atoms with E-state index in [1.54, 1.807) is 13.2 Å². The van der Waals surface area contributed by atoms with Crippen LogP contribution >= 0.6 is 15.9 Å². The van der Waals surface area contributed by atoms with Gasteiger partial charge < -0.3 is 14.2 Å². The van der Waals surface area contributed by atoms with Crippen molar-refractivity contribution in [1.82, 2.24) is 9.78 Å². The molecular formula is C21H19BrN2O4. The van der Waals surface area contributed by atoms with Gasteiger partial charge in [0.2, 0.25) is 0 Å². The van der Waals surface area contributed by atoms with E-state index in [1.807, 2.05) is 36.4 Å². The Hall–Kier alpha value is -2.80. The number of methoxy groups -OCH3 is 1. The molecule has 0 fully saturated rings. The van der Waals surface area contributed by atoms with E-state index in [-0.39, 0.29) is 5.56 Å². The van der Waals surface area contributed by atoms with Gasteiger partial charge in [0.05, 0.1) is 32.6 Å². The molecule has 1 aromatic heterocycles. The molecule has 0 atom stereocenters. The van der Waals surface area contributed by atoms with Crippen LogP contribution in [0.3, 0.4) is 0 Å². The third kappa shape index (κ3) is 3.89. The second kappa shape index (κ2) is 8.06. The van der Waals surface area contributed by atoms with Gasteiger partial charge >= 0.3 is 0 Å². The Morgan fingerprint density at radius 2 is 1.89 bits per heavy atom. The normalized spacial score (nSPS) is 13.1. The first kappa shape index (κ1) is 18.6. The van der Waals surface area contributed by atoms with Crippen molar-refractivity contribution < 1.29 is 14.2 Å². The summed E-state index contributed by atoms with van der Waals surface area (Å²) in [5.41, 5.74) is 2.23. The first-order valence-electron chi connectivity index (χ1n) is 8.94. The van der Waals surface area contributed by atoms with Crippen molar-refractivity contribution in [2.24, 2.45) is 0 Å². The van der Waals surface area contributed by atoms with E-state index in [9.17, 15) is 4.79 Å². The Kier molecular flexibility index (Phi) is 5.34. The average Bonchev–Trinajstić information content (AvgIpc) is 2.94. The molecule has 0 aliphatic carbocycles. The molecule has 4 rings (SSSR count). The quantitative estimate of drug-likeness (QED) is 0.613. The number of aromatic nitrogens is 2. The number of fused-ring (bicyclic) bond motifs is 1. The summed E-state index contributed by atoms with van der Waals surface area (Å²) in [6.07, 6.45) is 0.849. The number of hydrogen-bond donors (Lipinski definition) is 0. The van der Waals surface area contributed by atoms with Crippen molar-refractivity contribution in [3.8, 4) is 28.5 Å². The van der Waals surface area contributed by atoms with Gasteiger partial charge in [-0.15, -0.1) is 0 Å². The van der Waals surface area contributed by atoms with Crippen LogP contribution in [0.2, 0.25) is 0 Å². The maximum atomic E-state index is 12.4. The maximum absolute atomic E-state index is 12.4. The minimum Gasteiger partial charge on any atom is -0.496 e. The minimum atomic E-state index is -0.180. The Bertz CT molecular complexity index is 1060. The van der Waals surface area contributed by atoms with E-state index in [1.165, 1.54) is 10.7 Å². The molecule has 0 saturated carbocycles. The standard InChI is InChI=1S/C21H19BrN2O4/c1-26-18-7-4-16(22)11-15(18)13-24-21(25)8-5-17(23-24)14-3-6-19-20(12-14)28-10-2-9-27-19/h3-8,11-12H,2,9-10,13H2,1H3. The largest absolute Gasteiger partial charge is 0.496 e. The number of rotatable bonds is 4. The second-order valence-corrected chi connectivity index (χ2v) is 7.30. The van der Waals surface area contributed by atoms with Gasteiger partial charge in [0.1, 0.15) is 5.75 Å². The molecule has 28 heavy (non-hydrogen) atoms. The molecule has 7 heteroatoms. The van der Waals surface area contributed by atoms with Crippen molar-refractivity contribution in [1.29, 1.82) is 0 Å². The Labute approximate surface area is 170 Å². The molecule has 0 bridgehead atoms. The molecule has 0 spiro atoms. The fraction of sp³-hybridized carbons (Fsp3) is 0.238. The van der Waals surface area contributed by atoms with Gasteiger partial charge in [-0.25, -0.2) is 4.68 Å². The van der Waals surface area contributed by atoms with Crippen LogP contribution in [0.25, 0.3) is 11.3 Å². The van der Waals surface area contributed by atoms with Crippen molar-refractivity contribution >= 4 is 15.9 Å². The van der Waals surface area contributed by atoms with E-state index in [0.29, 0.717) is 37.0 Å². The van der Waals surface area contributed by atoms with Gasteiger partial charge in [0.15, 0.2) is 11.5 Å². The highest BCUT2D eigenvalue weighted by Gasteiger charge is 2.13. The lowest BCUT2D eigenvalue weighted by Gasteiger charge is -2.12. The molecule has 0 amide bonds. The first-order valence-corrected chi connectivity index (χ1v) is 9.74. The number of nitrogens with zero attached hydrogens (tertiary/aromatic N) is 2. The van der Waals surface area contributed by atoms with Crippen molar-refractivity contribution in [3.05, 3.63) is 68.9 Å². The van der Waals surface area contributed by atoms with Gasteiger partial charge in [-0.2, -0.15) is 5.10 Å². The molecule has 0 unspecified atom stereocenters. The third-order valence-electron chi connectivity index (χ3n) is 4.47. The lowest BCUT2D eigenvalue weighted by molar-refractivity contribution is 0.297.